The van der Waals surface area contributed by atoms with Crippen molar-refractivity contribution in [2.45, 2.75) is 23.8 Å². The quantitative estimate of drug-likeness (QED) is 0.878. The van der Waals surface area contributed by atoms with Gasteiger partial charge in [-0.25, -0.2) is 8.42 Å². The van der Waals surface area contributed by atoms with Crippen LogP contribution in [0.1, 0.15) is 12.8 Å². The van der Waals surface area contributed by atoms with Gasteiger partial charge in [0.25, 0.3) is 10.0 Å². The van der Waals surface area contributed by atoms with E-state index in [4.69, 9.17) is 0 Å². The van der Waals surface area contributed by atoms with Crippen molar-refractivity contribution in [1.29, 1.82) is 0 Å². The Morgan fingerprint density at radius 1 is 0.950 bits per heavy atom. The molecule has 3 rings (SSSR count). The van der Waals surface area contributed by atoms with Crippen LogP contribution in [-0.2, 0) is 10.0 Å². The van der Waals surface area contributed by atoms with Crippen molar-refractivity contribution in [3.05, 3.63) is 42.5 Å². The smallest absolute Gasteiger partial charge is 0.263 e. The summed E-state index contributed by atoms with van der Waals surface area (Å²) in [5.41, 5.74) is 0. The van der Waals surface area contributed by atoms with Gasteiger partial charge in [-0.1, -0.05) is 18.2 Å². The molecular weight excluding hydrogens is 276 g/mol. The first-order valence-electron chi connectivity index (χ1n) is 6.32. The number of nitrogens with zero attached hydrogens (tertiary/aromatic N) is 2. The van der Waals surface area contributed by atoms with Crippen LogP contribution < -0.4 is 10.0 Å². The van der Waals surface area contributed by atoms with Crippen LogP contribution in [0, 0.1) is 0 Å². The molecule has 0 aliphatic heterocycles. The van der Waals surface area contributed by atoms with Gasteiger partial charge in [0.1, 0.15) is 5.82 Å². The molecule has 0 bridgehead atoms. The number of anilines is 2. The number of hydrogen-bond donors (Lipinski definition) is 2. The number of benzene rings is 1. The first-order valence-corrected chi connectivity index (χ1v) is 7.80. The predicted octanol–water partition coefficient (Wildman–Crippen LogP) is 1.85. The van der Waals surface area contributed by atoms with E-state index in [1.165, 1.54) is 12.1 Å². The number of aromatic nitrogens is 2. The highest BCUT2D eigenvalue weighted by Gasteiger charge is 2.21. The fraction of sp³-hybridized carbons (Fsp3) is 0.231. The molecule has 0 atom stereocenters. The molecule has 1 aliphatic carbocycles. The van der Waals surface area contributed by atoms with E-state index in [1.807, 2.05) is 0 Å². The number of rotatable bonds is 5. The molecule has 7 heteroatoms. The van der Waals surface area contributed by atoms with Crippen LogP contribution in [0.3, 0.4) is 0 Å². The summed E-state index contributed by atoms with van der Waals surface area (Å²) in [6.07, 6.45) is 2.29. The molecule has 0 saturated heterocycles. The summed E-state index contributed by atoms with van der Waals surface area (Å²) < 4.78 is 26.6. The molecule has 0 amide bonds. The van der Waals surface area contributed by atoms with Crippen LogP contribution in [0.4, 0.5) is 11.6 Å². The molecule has 6 nitrogen and oxygen atoms in total. The van der Waals surface area contributed by atoms with Crippen LogP contribution in [0.2, 0.25) is 0 Å². The van der Waals surface area contributed by atoms with Crippen molar-refractivity contribution < 1.29 is 8.42 Å². The van der Waals surface area contributed by atoms with Gasteiger partial charge >= 0.3 is 0 Å². The van der Waals surface area contributed by atoms with Gasteiger partial charge in [0.15, 0.2) is 5.82 Å². The Kier molecular flexibility index (Phi) is 3.27. The molecule has 20 heavy (non-hydrogen) atoms. The average molecular weight is 290 g/mol. The van der Waals surface area contributed by atoms with E-state index < -0.39 is 10.0 Å². The zero-order valence-electron chi connectivity index (χ0n) is 10.7. The molecule has 1 aromatic carbocycles. The third kappa shape index (κ3) is 3.05. The summed E-state index contributed by atoms with van der Waals surface area (Å²) in [5.74, 6) is 0.866. The monoisotopic (exact) mass is 290 g/mol. The molecule has 0 radical (unpaired) electrons. The van der Waals surface area contributed by atoms with Crippen molar-refractivity contribution in [3.63, 3.8) is 0 Å². The van der Waals surface area contributed by atoms with E-state index in [9.17, 15) is 8.42 Å². The third-order valence-electron chi connectivity index (χ3n) is 2.89. The highest BCUT2D eigenvalue weighted by molar-refractivity contribution is 7.92. The Balaban J connectivity index is 1.73. The van der Waals surface area contributed by atoms with Crippen molar-refractivity contribution in [1.82, 2.24) is 10.2 Å². The Hall–Kier alpha value is -2.15. The molecule has 104 valence electrons. The molecule has 2 N–H and O–H groups in total. The molecule has 2 aromatic rings. The minimum atomic E-state index is -3.61. The van der Waals surface area contributed by atoms with E-state index in [1.54, 1.807) is 30.3 Å². The van der Waals surface area contributed by atoms with Gasteiger partial charge in [-0.15, -0.1) is 10.2 Å². The molecule has 1 aromatic heterocycles. The predicted molar refractivity (Wildman–Crippen MR) is 75.9 cm³/mol. The van der Waals surface area contributed by atoms with E-state index in [0.717, 1.165) is 12.8 Å². The van der Waals surface area contributed by atoms with Crippen LogP contribution in [0.15, 0.2) is 47.4 Å². The maximum absolute atomic E-state index is 12.1. The first kappa shape index (κ1) is 12.9. The Morgan fingerprint density at radius 3 is 2.20 bits per heavy atom. The lowest BCUT2D eigenvalue weighted by molar-refractivity contribution is 0.601. The van der Waals surface area contributed by atoms with E-state index in [0.29, 0.717) is 11.9 Å². The second-order valence-electron chi connectivity index (χ2n) is 4.64. The standard InChI is InChI=1S/C13H14N4O2S/c18-20(19,11-4-2-1-3-5-11)17-13-9-8-12(15-16-13)14-10-6-7-10/h1-5,8-10H,6-7H2,(H,14,15)(H,16,17). The second-order valence-corrected chi connectivity index (χ2v) is 6.32. The van der Waals surface area contributed by atoms with Crippen LogP contribution >= 0.6 is 0 Å². The highest BCUT2D eigenvalue weighted by Crippen LogP contribution is 2.23. The zero-order valence-corrected chi connectivity index (χ0v) is 11.5. The van der Waals surface area contributed by atoms with E-state index >= 15 is 0 Å². The van der Waals surface area contributed by atoms with Crippen molar-refractivity contribution in [2.75, 3.05) is 10.0 Å². The van der Waals surface area contributed by atoms with Gasteiger partial charge in [-0.2, -0.15) is 0 Å². The topological polar surface area (TPSA) is 84.0 Å². The minimum Gasteiger partial charge on any atom is -0.366 e. The van der Waals surface area contributed by atoms with Crippen LogP contribution in [-0.4, -0.2) is 24.7 Å². The summed E-state index contributed by atoms with van der Waals surface area (Å²) in [7, 11) is -3.61. The van der Waals surface area contributed by atoms with Crippen molar-refractivity contribution in [2.24, 2.45) is 0 Å². The van der Waals surface area contributed by atoms with Gasteiger partial charge < -0.3 is 5.32 Å². The minimum absolute atomic E-state index is 0.196. The van der Waals surface area contributed by atoms with Gasteiger partial charge in [0.05, 0.1) is 4.90 Å². The Labute approximate surface area is 117 Å². The molecule has 1 fully saturated rings. The van der Waals surface area contributed by atoms with Gasteiger partial charge in [-0.3, -0.25) is 4.72 Å². The van der Waals surface area contributed by atoms with Gasteiger partial charge in [0.2, 0.25) is 0 Å². The van der Waals surface area contributed by atoms with Crippen molar-refractivity contribution >= 4 is 21.7 Å². The SMILES string of the molecule is O=S(=O)(Nc1ccc(NC2CC2)nn1)c1ccccc1. The summed E-state index contributed by atoms with van der Waals surface area (Å²) in [4.78, 5) is 0.196. The van der Waals surface area contributed by atoms with Gasteiger partial charge in [-0.05, 0) is 37.1 Å². The second kappa shape index (κ2) is 5.09. The molecule has 1 aliphatic rings. The summed E-state index contributed by atoms with van der Waals surface area (Å²) >= 11 is 0. The van der Waals surface area contributed by atoms with Gasteiger partial charge in [0, 0.05) is 6.04 Å². The molecule has 0 spiro atoms. The number of hydrogen-bond acceptors (Lipinski definition) is 5. The fourth-order valence-corrected chi connectivity index (χ4v) is 2.71. The third-order valence-corrected chi connectivity index (χ3v) is 4.26. The average Bonchev–Trinajstić information content (AvgIpc) is 3.26. The highest BCUT2D eigenvalue weighted by atomic mass is 32.2. The zero-order chi connectivity index (χ0) is 14.0. The fourth-order valence-electron chi connectivity index (χ4n) is 1.70. The molecular formula is C13H14N4O2S. The van der Waals surface area contributed by atoms with Crippen LogP contribution in [0.5, 0.6) is 0 Å². The molecule has 1 heterocycles. The number of sulfonamides is 1. The number of nitrogens with one attached hydrogen (secondary N) is 2. The maximum Gasteiger partial charge on any atom is 0.263 e. The lowest BCUT2D eigenvalue weighted by Gasteiger charge is -2.07. The Bertz CT molecular complexity index is 682. The lowest BCUT2D eigenvalue weighted by atomic mass is 10.4. The van der Waals surface area contributed by atoms with E-state index in [2.05, 4.69) is 20.2 Å². The summed E-state index contributed by atoms with van der Waals surface area (Å²) in [6, 6.07) is 11.9. The normalized spacial score (nSPS) is 14.8. The Morgan fingerprint density at radius 2 is 1.60 bits per heavy atom. The van der Waals surface area contributed by atoms with Crippen LogP contribution in [0.25, 0.3) is 0 Å². The lowest BCUT2D eigenvalue weighted by Crippen LogP contribution is -2.14. The molecule has 0 unspecified atom stereocenters. The van der Waals surface area contributed by atoms with Crippen molar-refractivity contribution in [3.8, 4) is 0 Å². The molecule has 1 saturated carbocycles. The summed E-state index contributed by atoms with van der Waals surface area (Å²) in [6.45, 7) is 0. The van der Waals surface area contributed by atoms with E-state index in [-0.39, 0.29) is 10.7 Å². The first-order chi connectivity index (χ1) is 9.63. The largest absolute Gasteiger partial charge is 0.366 e. The maximum atomic E-state index is 12.1. The summed E-state index contributed by atoms with van der Waals surface area (Å²) in [5, 5.41) is 11.0.